The van der Waals surface area contributed by atoms with Crippen LogP contribution in [0.2, 0.25) is 0 Å². The molecule has 0 saturated carbocycles. The molecule has 1 N–H and O–H groups in total. The third-order valence-corrected chi connectivity index (χ3v) is 5.42. The lowest BCUT2D eigenvalue weighted by molar-refractivity contribution is 0.0958. The van der Waals surface area contributed by atoms with Crippen LogP contribution in [0.1, 0.15) is 11.1 Å². The van der Waals surface area contributed by atoms with Crippen LogP contribution in [0.25, 0.3) is 0 Å². The van der Waals surface area contributed by atoms with Crippen LogP contribution in [0, 0.1) is 0 Å². The summed E-state index contributed by atoms with van der Waals surface area (Å²) in [6.45, 7) is 3.39. The van der Waals surface area contributed by atoms with Crippen LogP contribution in [0.15, 0.2) is 91.0 Å². The molecule has 0 unspecified atom stereocenters. The Morgan fingerprint density at radius 2 is 1.38 bits per heavy atom. The van der Waals surface area contributed by atoms with Gasteiger partial charge in [0.2, 0.25) is 0 Å². The molecule has 4 heteroatoms. The van der Waals surface area contributed by atoms with Gasteiger partial charge in [-0.2, -0.15) is 0 Å². The van der Waals surface area contributed by atoms with E-state index in [0.29, 0.717) is 0 Å². The van der Waals surface area contributed by atoms with E-state index in [2.05, 4.69) is 58.7 Å². The number of anilines is 1. The van der Waals surface area contributed by atoms with Crippen LogP contribution in [0.5, 0.6) is 0 Å². The number of rotatable bonds is 5. The highest BCUT2D eigenvalue weighted by Crippen LogP contribution is 2.19. The van der Waals surface area contributed by atoms with Gasteiger partial charge >= 0.3 is 6.03 Å². The Bertz CT molecular complexity index is 899. The molecule has 4 nitrogen and oxygen atoms in total. The summed E-state index contributed by atoms with van der Waals surface area (Å²) < 4.78 is 0. The van der Waals surface area contributed by atoms with Crippen molar-refractivity contribution in [2.75, 3.05) is 25.0 Å². The zero-order valence-corrected chi connectivity index (χ0v) is 16.6. The van der Waals surface area contributed by atoms with Gasteiger partial charge in [0.05, 0.1) is 6.04 Å². The SMILES string of the molecule is O=C(Nc1ccccc1)N1CCN(Cc2ccccc2)C[C@H]1Cc1ccccc1. The molecule has 29 heavy (non-hydrogen) atoms. The molecule has 148 valence electrons. The molecule has 1 atom stereocenters. The number of nitrogens with one attached hydrogen (secondary N) is 1. The van der Waals surface area contributed by atoms with Gasteiger partial charge in [-0.1, -0.05) is 78.9 Å². The van der Waals surface area contributed by atoms with Gasteiger partial charge in [-0.3, -0.25) is 4.90 Å². The average Bonchev–Trinajstić information content (AvgIpc) is 2.76. The van der Waals surface area contributed by atoms with E-state index in [4.69, 9.17) is 0 Å². The van der Waals surface area contributed by atoms with Gasteiger partial charge in [-0.25, -0.2) is 4.79 Å². The van der Waals surface area contributed by atoms with Gasteiger partial charge in [0.15, 0.2) is 0 Å². The van der Waals surface area contributed by atoms with Crippen LogP contribution in [0.4, 0.5) is 10.5 Å². The van der Waals surface area contributed by atoms with Gasteiger partial charge in [-0.05, 0) is 29.7 Å². The largest absolute Gasteiger partial charge is 0.322 e. The second-order valence-corrected chi connectivity index (χ2v) is 7.55. The smallest absolute Gasteiger partial charge is 0.319 e. The van der Waals surface area contributed by atoms with E-state index in [1.807, 2.05) is 47.4 Å². The summed E-state index contributed by atoms with van der Waals surface area (Å²) in [6.07, 6.45) is 0.855. The van der Waals surface area contributed by atoms with Gasteiger partial charge in [0.1, 0.15) is 0 Å². The van der Waals surface area contributed by atoms with E-state index < -0.39 is 0 Å². The molecule has 3 aromatic rings. The zero-order valence-electron chi connectivity index (χ0n) is 16.6. The van der Waals surface area contributed by atoms with Crippen molar-refractivity contribution in [2.45, 2.75) is 19.0 Å². The Morgan fingerprint density at radius 1 is 0.793 bits per heavy atom. The van der Waals surface area contributed by atoms with Crippen molar-refractivity contribution in [3.8, 4) is 0 Å². The van der Waals surface area contributed by atoms with Crippen LogP contribution < -0.4 is 5.32 Å². The third-order valence-electron chi connectivity index (χ3n) is 5.42. The van der Waals surface area contributed by atoms with Crippen molar-refractivity contribution in [3.63, 3.8) is 0 Å². The van der Waals surface area contributed by atoms with Crippen molar-refractivity contribution in [3.05, 3.63) is 102 Å². The summed E-state index contributed by atoms with van der Waals surface area (Å²) in [5.74, 6) is 0. The number of hydrogen-bond acceptors (Lipinski definition) is 2. The number of para-hydroxylation sites is 1. The van der Waals surface area contributed by atoms with Gasteiger partial charge < -0.3 is 10.2 Å². The van der Waals surface area contributed by atoms with Crippen molar-refractivity contribution in [1.82, 2.24) is 9.80 Å². The Kier molecular flexibility index (Phi) is 6.22. The zero-order chi connectivity index (χ0) is 19.9. The number of benzene rings is 3. The average molecular weight is 386 g/mol. The fraction of sp³-hybridized carbons (Fsp3) is 0.240. The van der Waals surface area contributed by atoms with Crippen LogP contribution in [-0.4, -0.2) is 41.5 Å². The number of urea groups is 1. The fourth-order valence-electron chi connectivity index (χ4n) is 3.95. The number of nitrogens with zero attached hydrogens (tertiary/aromatic N) is 2. The van der Waals surface area contributed by atoms with Crippen molar-refractivity contribution < 1.29 is 4.79 Å². The first-order chi connectivity index (χ1) is 14.3. The van der Waals surface area contributed by atoms with Crippen LogP contribution >= 0.6 is 0 Å². The van der Waals surface area contributed by atoms with Crippen molar-refractivity contribution in [1.29, 1.82) is 0 Å². The Morgan fingerprint density at radius 3 is 2.03 bits per heavy atom. The summed E-state index contributed by atoms with van der Waals surface area (Å²) in [5.41, 5.74) is 3.41. The molecule has 1 saturated heterocycles. The number of piperazine rings is 1. The second kappa shape index (κ2) is 9.39. The Hall–Kier alpha value is -3.11. The normalized spacial score (nSPS) is 17.1. The van der Waals surface area contributed by atoms with E-state index in [9.17, 15) is 4.79 Å². The molecule has 3 aromatic carbocycles. The molecule has 0 aromatic heterocycles. The molecule has 1 aliphatic rings. The highest BCUT2D eigenvalue weighted by atomic mass is 16.2. The van der Waals surface area contributed by atoms with E-state index in [0.717, 1.165) is 38.3 Å². The quantitative estimate of drug-likeness (QED) is 0.694. The predicted molar refractivity (Wildman–Crippen MR) is 118 cm³/mol. The minimum absolute atomic E-state index is 0.0171. The topological polar surface area (TPSA) is 35.6 Å². The van der Waals surface area contributed by atoms with Gasteiger partial charge in [0, 0.05) is 31.9 Å². The number of carbonyl (C=O) groups is 1. The van der Waals surface area contributed by atoms with Gasteiger partial charge in [-0.15, -0.1) is 0 Å². The molecule has 4 rings (SSSR count). The third kappa shape index (κ3) is 5.24. The summed E-state index contributed by atoms with van der Waals surface area (Å²) in [4.78, 5) is 17.5. The van der Waals surface area contributed by atoms with Crippen LogP contribution in [0.3, 0.4) is 0 Å². The minimum atomic E-state index is -0.0171. The molecule has 0 spiro atoms. The maximum absolute atomic E-state index is 13.0. The molecular weight excluding hydrogens is 358 g/mol. The standard InChI is InChI=1S/C25H27N3O/c29-25(26-23-14-8-3-9-15-23)28-17-16-27(19-22-12-6-2-7-13-22)20-24(28)18-21-10-4-1-5-11-21/h1-15,24H,16-20H2,(H,26,29)/t24-/m1/s1. The van der Waals surface area contributed by atoms with E-state index in [-0.39, 0.29) is 12.1 Å². The fourth-order valence-corrected chi connectivity index (χ4v) is 3.95. The molecule has 0 bridgehead atoms. The maximum atomic E-state index is 13.0. The number of carbonyl (C=O) groups excluding carboxylic acids is 1. The second-order valence-electron chi connectivity index (χ2n) is 7.55. The monoisotopic (exact) mass is 385 g/mol. The molecule has 1 aliphatic heterocycles. The molecule has 1 fully saturated rings. The first kappa shape index (κ1) is 19.2. The number of hydrogen-bond donors (Lipinski definition) is 1. The van der Waals surface area contributed by atoms with E-state index in [1.165, 1.54) is 11.1 Å². The number of amides is 2. The predicted octanol–water partition coefficient (Wildman–Crippen LogP) is 4.65. The highest BCUT2D eigenvalue weighted by Gasteiger charge is 2.30. The summed E-state index contributed by atoms with van der Waals surface area (Å²) in [7, 11) is 0. The molecule has 2 amide bonds. The lowest BCUT2D eigenvalue weighted by Crippen LogP contribution is -2.56. The lowest BCUT2D eigenvalue weighted by atomic mass is 10.0. The first-order valence-electron chi connectivity index (χ1n) is 10.2. The van der Waals surface area contributed by atoms with Gasteiger partial charge in [0.25, 0.3) is 0 Å². The maximum Gasteiger partial charge on any atom is 0.322 e. The molecule has 0 radical (unpaired) electrons. The summed E-state index contributed by atoms with van der Waals surface area (Å²) >= 11 is 0. The highest BCUT2D eigenvalue weighted by molar-refractivity contribution is 5.89. The summed E-state index contributed by atoms with van der Waals surface area (Å²) in [5, 5.41) is 3.06. The molecule has 0 aliphatic carbocycles. The Balaban J connectivity index is 1.48. The first-order valence-corrected chi connectivity index (χ1v) is 10.2. The lowest BCUT2D eigenvalue weighted by Gasteiger charge is -2.41. The summed E-state index contributed by atoms with van der Waals surface area (Å²) in [6, 6.07) is 30.8. The minimum Gasteiger partial charge on any atom is -0.319 e. The van der Waals surface area contributed by atoms with E-state index >= 15 is 0 Å². The van der Waals surface area contributed by atoms with E-state index in [1.54, 1.807) is 0 Å². The molecular formula is C25H27N3O. The van der Waals surface area contributed by atoms with Crippen molar-refractivity contribution >= 4 is 11.7 Å². The van der Waals surface area contributed by atoms with Crippen LogP contribution in [-0.2, 0) is 13.0 Å². The van der Waals surface area contributed by atoms with Crippen molar-refractivity contribution in [2.24, 2.45) is 0 Å². The Labute approximate surface area is 172 Å². The molecule has 1 heterocycles.